The van der Waals surface area contributed by atoms with Gasteiger partial charge in [-0.25, -0.2) is 4.68 Å². The number of benzene rings is 2. The van der Waals surface area contributed by atoms with Crippen molar-refractivity contribution in [3.63, 3.8) is 0 Å². The Morgan fingerprint density at radius 2 is 1.86 bits per heavy atom. The number of tetrazole rings is 1. The highest BCUT2D eigenvalue weighted by atomic mass is 32.1. The second kappa shape index (κ2) is 7.85. The summed E-state index contributed by atoms with van der Waals surface area (Å²) in [7, 11) is 1.69. The van der Waals surface area contributed by atoms with Gasteiger partial charge in [0.15, 0.2) is 0 Å². The highest BCUT2D eigenvalue weighted by Gasteiger charge is 2.29. The lowest BCUT2D eigenvalue weighted by molar-refractivity contribution is 0.185. The summed E-state index contributed by atoms with van der Waals surface area (Å²) >= 11 is 5.68. The van der Waals surface area contributed by atoms with Crippen LogP contribution in [0.2, 0.25) is 0 Å². The van der Waals surface area contributed by atoms with Gasteiger partial charge in [0.2, 0.25) is 4.77 Å². The fraction of sp³-hybridized carbons (Fsp3) is 0.381. The summed E-state index contributed by atoms with van der Waals surface area (Å²) in [6.45, 7) is 5.65. The molecule has 3 aromatic rings. The molecular weight excluding hydrogens is 370 g/mol. The average molecular weight is 396 g/mol. The van der Waals surface area contributed by atoms with E-state index in [4.69, 9.17) is 17.0 Å². The Hall–Kier alpha value is -2.51. The van der Waals surface area contributed by atoms with Gasteiger partial charge in [-0.3, -0.25) is 4.90 Å². The van der Waals surface area contributed by atoms with Crippen molar-refractivity contribution in [2.24, 2.45) is 0 Å². The Kier molecular flexibility index (Phi) is 5.28. The van der Waals surface area contributed by atoms with Crippen molar-refractivity contribution < 1.29 is 4.74 Å². The molecule has 1 aliphatic carbocycles. The summed E-state index contributed by atoms with van der Waals surface area (Å²) in [4.78, 5) is 2.42. The lowest BCUT2D eigenvalue weighted by Gasteiger charge is -2.21. The number of nitrogens with zero attached hydrogens (tertiary/aromatic N) is 5. The summed E-state index contributed by atoms with van der Waals surface area (Å²) < 4.78 is 9.44. The normalized spacial score (nSPS) is 13.9. The van der Waals surface area contributed by atoms with Crippen molar-refractivity contribution in [3.8, 4) is 11.4 Å². The minimum atomic E-state index is 0.579. The fourth-order valence-corrected chi connectivity index (χ4v) is 3.66. The first-order chi connectivity index (χ1) is 13.5. The van der Waals surface area contributed by atoms with E-state index in [2.05, 4.69) is 59.5 Å². The lowest BCUT2D eigenvalue weighted by Crippen LogP contribution is -2.29. The maximum Gasteiger partial charge on any atom is 0.221 e. The number of aromatic nitrogens is 4. The number of aryl methyl sites for hydroxylation is 2. The second-order valence-corrected chi connectivity index (χ2v) is 7.80. The smallest absolute Gasteiger partial charge is 0.221 e. The molecule has 0 atom stereocenters. The van der Waals surface area contributed by atoms with Gasteiger partial charge in [-0.15, -0.1) is 0 Å². The first-order valence-electron chi connectivity index (χ1n) is 9.52. The van der Waals surface area contributed by atoms with Crippen molar-refractivity contribution in [2.75, 3.05) is 7.11 Å². The van der Waals surface area contributed by atoms with Gasteiger partial charge in [0, 0.05) is 12.6 Å². The van der Waals surface area contributed by atoms with Gasteiger partial charge in [-0.1, -0.05) is 29.8 Å². The summed E-state index contributed by atoms with van der Waals surface area (Å²) in [5.41, 5.74) is 4.59. The quantitative estimate of drug-likeness (QED) is 0.565. The van der Waals surface area contributed by atoms with Crippen molar-refractivity contribution in [2.45, 2.75) is 45.9 Å². The van der Waals surface area contributed by atoms with E-state index < -0.39 is 0 Å². The van der Waals surface area contributed by atoms with Crippen molar-refractivity contribution >= 4 is 12.2 Å². The minimum Gasteiger partial charge on any atom is -0.497 e. The highest BCUT2D eigenvalue weighted by molar-refractivity contribution is 7.71. The van der Waals surface area contributed by atoms with E-state index in [1.807, 2.05) is 16.8 Å². The molecule has 1 aromatic heterocycles. The van der Waals surface area contributed by atoms with E-state index >= 15 is 0 Å². The number of rotatable bonds is 7. The van der Waals surface area contributed by atoms with E-state index in [1.165, 1.54) is 24.0 Å². The van der Waals surface area contributed by atoms with Gasteiger partial charge in [0.05, 0.1) is 19.5 Å². The Balaban J connectivity index is 1.55. The number of methoxy groups -OCH3 is 1. The molecule has 0 amide bonds. The Morgan fingerprint density at radius 1 is 1.11 bits per heavy atom. The lowest BCUT2D eigenvalue weighted by atomic mass is 10.1. The zero-order chi connectivity index (χ0) is 19.7. The van der Waals surface area contributed by atoms with Crippen LogP contribution in [0.3, 0.4) is 0 Å². The minimum absolute atomic E-state index is 0.579. The monoisotopic (exact) mass is 395 g/mol. The molecule has 0 spiro atoms. The van der Waals surface area contributed by atoms with Crippen LogP contribution in [-0.4, -0.2) is 37.8 Å². The second-order valence-electron chi connectivity index (χ2n) is 7.43. The molecule has 4 rings (SSSR count). The third kappa shape index (κ3) is 4.00. The van der Waals surface area contributed by atoms with Crippen molar-refractivity contribution in [1.82, 2.24) is 24.7 Å². The SMILES string of the molecule is COc1ccc(CN(Cn2nnn(-c3ccc(C)cc3C)c2=S)C2CC2)cc1. The maximum atomic E-state index is 5.68. The van der Waals surface area contributed by atoms with Crippen LogP contribution in [0.4, 0.5) is 0 Å². The van der Waals surface area contributed by atoms with Gasteiger partial charge in [0.1, 0.15) is 5.75 Å². The molecule has 0 radical (unpaired) electrons. The van der Waals surface area contributed by atoms with Crippen molar-refractivity contribution in [3.05, 3.63) is 63.9 Å². The Labute approximate surface area is 170 Å². The largest absolute Gasteiger partial charge is 0.497 e. The predicted octanol–water partition coefficient (Wildman–Crippen LogP) is 4.05. The van der Waals surface area contributed by atoms with Crippen LogP contribution in [0, 0.1) is 18.6 Å². The molecular formula is C21H25N5OS. The molecule has 0 aliphatic heterocycles. The zero-order valence-corrected chi connectivity index (χ0v) is 17.3. The van der Waals surface area contributed by atoms with Gasteiger partial charge >= 0.3 is 0 Å². The zero-order valence-electron chi connectivity index (χ0n) is 16.5. The molecule has 1 heterocycles. The van der Waals surface area contributed by atoms with Crippen LogP contribution >= 0.6 is 12.2 Å². The number of hydrogen-bond donors (Lipinski definition) is 0. The molecule has 1 fully saturated rings. The third-order valence-corrected chi connectivity index (χ3v) is 5.53. The van der Waals surface area contributed by atoms with Crippen LogP contribution < -0.4 is 4.74 Å². The average Bonchev–Trinajstić information content (AvgIpc) is 3.48. The molecule has 6 nitrogen and oxygen atoms in total. The van der Waals surface area contributed by atoms with Crippen LogP contribution in [0.5, 0.6) is 5.75 Å². The molecule has 0 unspecified atom stereocenters. The Morgan fingerprint density at radius 3 is 2.50 bits per heavy atom. The molecule has 146 valence electrons. The fourth-order valence-electron chi connectivity index (χ4n) is 3.43. The maximum absolute atomic E-state index is 5.68. The van der Waals surface area contributed by atoms with E-state index in [0.29, 0.717) is 17.5 Å². The molecule has 0 N–H and O–H groups in total. The number of ether oxygens (including phenoxy) is 1. The standard InChI is InChI=1S/C21H25N5OS/c1-15-4-11-20(16(2)12-15)26-21(28)25(22-23-26)14-24(18-7-8-18)13-17-5-9-19(27-3)10-6-17/h4-6,9-12,18H,7-8,13-14H2,1-3H3. The summed E-state index contributed by atoms with van der Waals surface area (Å²) in [6.07, 6.45) is 2.43. The van der Waals surface area contributed by atoms with E-state index in [0.717, 1.165) is 23.5 Å². The summed E-state index contributed by atoms with van der Waals surface area (Å²) in [5, 5.41) is 8.66. The van der Waals surface area contributed by atoms with Crippen LogP contribution in [0.1, 0.15) is 29.5 Å². The topological polar surface area (TPSA) is 48.1 Å². The third-order valence-electron chi connectivity index (χ3n) is 5.14. The molecule has 0 saturated heterocycles. The van der Waals surface area contributed by atoms with Gasteiger partial charge in [0.25, 0.3) is 0 Å². The highest BCUT2D eigenvalue weighted by Crippen LogP contribution is 2.29. The molecule has 7 heteroatoms. The van der Waals surface area contributed by atoms with Crippen LogP contribution in [0.25, 0.3) is 5.69 Å². The first kappa shape index (κ1) is 18.8. The molecule has 1 saturated carbocycles. The summed E-state index contributed by atoms with van der Waals surface area (Å²) in [5.74, 6) is 0.875. The molecule has 28 heavy (non-hydrogen) atoms. The van der Waals surface area contributed by atoms with Gasteiger partial charge < -0.3 is 4.74 Å². The van der Waals surface area contributed by atoms with E-state index in [1.54, 1.807) is 11.8 Å². The van der Waals surface area contributed by atoms with Gasteiger partial charge in [-0.2, -0.15) is 4.68 Å². The van der Waals surface area contributed by atoms with Crippen molar-refractivity contribution in [1.29, 1.82) is 0 Å². The number of hydrogen-bond acceptors (Lipinski definition) is 5. The molecule has 2 aromatic carbocycles. The predicted molar refractivity (Wildman–Crippen MR) is 111 cm³/mol. The van der Waals surface area contributed by atoms with Crippen LogP contribution in [0.15, 0.2) is 42.5 Å². The first-order valence-corrected chi connectivity index (χ1v) is 9.93. The Bertz CT molecular complexity index is 1020. The van der Waals surface area contributed by atoms with E-state index in [9.17, 15) is 0 Å². The summed E-state index contributed by atoms with van der Waals surface area (Å²) in [6, 6.07) is 15.1. The van der Waals surface area contributed by atoms with Crippen LogP contribution in [-0.2, 0) is 13.2 Å². The van der Waals surface area contributed by atoms with Gasteiger partial charge in [-0.05, 0) is 78.7 Å². The molecule has 0 bridgehead atoms. The van der Waals surface area contributed by atoms with E-state index in [-0.39, 0.29) is 0 Å². The molecule has 1 aliphatic rings.